The Balaban J connectivity index is 1.36. The maximum absolute atomic E-state index is 12.7. The van der Waals surface area contributed by atoms with Gasteiger partial charge in [-0.3, -0.25) is 4.79 Å². The van der Waals surface area contributed by atoms with Gasteiger partial charge in [0.25, 0.3) is 0 Å². The van der Waals surface area contributed by atoms with Crippen LogP contribution in [0.25, 0.3) is 0 Å². The molecule has 4 nitrogen and oxygen atoms in total. The van der Waals surface area contributed by atoms with Crippen LogP contribution in [-0.2, 0) is 11.0 Å². The highest BCUT2D eigenvalue weighted by molar-refractivity contribution is 5.81. The number of nitrogens with one attached hydrogen (secondary N) is 2. The van der Waals surface area contributed by atoms with Crippen molar-refractivity contribution in [3.8, 4) is 0 Å². The summed E-state index contributed by atoms with van der Waals surface area (Å²) in [6.07, 6.45) is 4.26. The first-order chi connectivity index (χ1) is 13.4. The smallest absolute Gasteiger partial charge is 0.376 e. The fraction of sp³-hybridized carbons (Fsp3) is 0.667. The molecule has 156 valence electrons. The van der Waals surface area contributed by atoms with Gasteiger partial charge >= 0.3 is 6.18 Å². The van der Waals surface area contributed by atoms with E-state index < -0.39 is 11.7 Å². The number of anilines is 1. The van der Waals surface area contributed by atoms with Crippen LogP contribution >= 0.6 is 0 Å². The van der Waals surface area contributed by atoms with E-state index >= 15 is 0 Å². The van der Waals surface area contributed by atoms with Gasteiger partial charge in [-0.1, -0.05) is 25.3 Å². The predicted molar refractivity (Wildman–Crippen MR) is 104 cm³/mol. The fourth-order valence-electron chi connectivity index (χ4n) is 4.26. The van der Waals surface area contributed by atoms with E-state index in [4.69, 9.17) is 0 Å². The second-order valence-electron chi connectivity index (χ2n) is 8.08. The van der Waals surface area contributed by atoms with Crippen LogP contribution in [0.2, 0.25) is 0 Å². The van der Waals surface area contributed by atoms with E-state index in [1.807, 2.05) is 0 Å². The minimum Gasteiger partial charge on any atom is -0.376 e. The first-order valence-electron chi connectivity index (χ1n) is 10.3. The molecule has 1 heterocycles. The molecule has 0 atom stereocenters. The van der Waals surface area contributed by atoms with Crippen molar-refractivity contribution in [3.05, 3.63) is 29.8 Å². The number of carbonyl (C=O) groups excluding carboxylic acids is 1. The SMILES string of the molecule is O=C(CNc1cccc(C(F)(F)F)c1)NC1CCN(CC2CCCCC2)CC1. The number of rotatable bonds is 6. The highest BCUT2D eigenvalue weighted by atomic mass is 19.4. The number of halogens is 3. The summed E-state index contributed by atoms with van der Waals surface area (Å²) in [7, 11) is 0. The van der Waals surface area contributed by atoms with Crippen LogP contribution in [0, 0.1) is 5.92 Å². The molecular formula is C21H30F3N3O. The lowest BCUT2D eigenvalue weighted by atomic mass is 9.88. The topological polar surface area (TPSA) is 44.4 Å². The van der Waals surface area contributed by atoms with Crippen LogP contribution in [0.3, 0.4) is 0 Å². The van der Waals surface area contributed by atoms with E-state index in [2.05, 4.69) is 15.5 Å². The summed E-state index contributed by atoms with van der Waals surface area (Å²) in [6, 6.07) is 5.07. The molecule has 0 unspecified atom stereocenters. The average Bonchev–Trinajstić information content (AvgIpc) is 2.68. The van der Waals surface area contributed by atoms with E-state index in [9.17, 15) is 18.0 Å². The number of likely N-dealkylation sites (tertiary alicyclic amines) is 1. The Morgan fingerprint density at radius 1 is 1.07 bits per heavy atom. The van der Waals surface area contributed by atoms with Gasteiger partial charge in [0.05, 0.1) is 12.1 Å². The van der Waals surface area contributed by atoms with E-state index in [1.165, 1.54) is 50.8 Å². The van der Waals surface area contributed by atoms with Crippen LogP contribution < -0.4 is 10.6 Å². The third-order valence-electron chi connectivity index (χ3n) is 5.84. The van der Waals surface area contributed by atoms with Crippen LogP contribution in [-0.4, -0.2) is 43.0 Å². The average molecular weight is 397 g/mol. The Hall–Kier alpha value is -1.76. The minimum atomic E-state index is -4.38. The van der Waals surface area contributed by atoms with Gasteiger partial charge in [-0.15, -0.1) is 0 Å². The Bertz CT molecular complexity index is 636. The molecule has 28 heavy (non-hydrogen) atoms. The van der Waals surface area contributed by atoms with Crippen molar-refractivity contribution in [3.63, 3.8) is 0 Å². The zero-order valence-corrected chi connectivity index (χ0v) is 16.2. The van der Waals surface area contributed by atoms with Crippen molar-refractivity contribution < 1.29 is 18.0 Å². The Morgan fingerprint density at radius 3 is 2.46 bits per heavy atom. The molecule has 0 aromatic heterocycles. The molecule has 0 bridgehead atoms. The van der Waals surface area contributed by atoms with E-state index in [0.717, 1.165) is 44.0 Å². The van der Waals surface area contributed by atoms with Gasteiger partial charge in [0, 0.05) is 31.4 Å². The number of nitrogens with zero attached hydrogens (tertiary/aromatic N) is 1. The molecule has 3 rings (SSSR count). The molecule has 1 aromatic rings. The molecule has 1 saturated heterocycles. The zero-order chi connectivity index (χ0) is 20.0. The number of alkyl halides is 3. The highest BCUT2D eigenvalue weighted by Gasteiger charge is 2.30. The molecule has 2 aliphatic rings. The molecule has 1 aliphatic heterocycles. The van der Waals surface area contributed by atoms with Gasteiger partial charge in [0.15, 0.2) is 0 Å². The molecule has 1 amide bonds. The molecule has 1 aromatic carbocycles. The molecule has 0 radical (unpaired) electrons. The summed E-state index contributed by atoms with van der Waals surface area (Å²) in [5.41, 5.74) is -0.421. The number of piperidine rings is 1. The van der Waals surface area contributed by atoms with E-state index in [0.29, 0.717) is 5.69 Å². The molecule has 1 saturated carbocycles. The van der Waals surface area contributed by atoms with Crippen molar-refractivity contribution in [1.82, 2.24) is 10.2 Å². The van der Waals surface area contributed by atoms with Crippen LogP contribution in [0.4, 0.5) is 18.9 Å². The van der Waals surface area contributed by atoms with Crippen LogP contribution in [0.15, 0.2) is 24.3 Å². The standard InChI is InChI=1S/C21H30F3N3O/c22-21(23,24)17-7-4-8-19(13-17)25-14-20(28)26-18-9-11-27(12-10-18)15-16-5-2-1-3-6-16/h4,7-8,13,16,18,25H,1-3,5-6,9-12,14-15H2,(H,26,28). The number of carbonyl (C=O) groups is 1. The lowest BCUT2D eigenvalue weighted by molar-refractivity contribution is -0.137. The molecule has 0 spiro atoms. The highest BCUT2D eigenvalue weighted by Crippen LogP contribution is 2.30. The number of amides is 1. The first-order valence-corrected chi connectivity index (χ1v) is 10.3. The molecule has 2 N–H and O–H groups in total. The summed E-state index contributed by atoms with van der Waals surface area (Å²) in [4.78, 5) is 14.7. The van der Waals surface area contributed by atoms with Crippen molar-refractivity contribution in [1.29, 1.82) is 0 Å². The summed E-state index contributed by atoms with van der Waals surface area (Å²) >= 11 is 0. The lowest BCUT2D eigenvalue weighted by Crippen LogP contribution is -2.47. The van der Waals surface area contributed by atoms with E-state index in [1.54, 1.807) is 0 Å². The third-order valence-corrected chi connectivity index (χ3v) is 5.84. The number of hydrogen-bond acceptors (Lipinski definition) is 3. The van der Waals surface area contributed by atoms with Crippen molar-refractivity contribution in [2.75, 3.05) is 31.5 Å². The molecule has 1 aliphatic carbocycles. The summed E-state index contributed by atoms with van der Waals surface area (Å²) in [6.45, 7) is 3.16. The van der Waals surface area contributed by atoms with Crippen molar-refractivity contribution in [2.45, 2.75) is 57.2 Å². The fourth-order valence-corrected chi connectivity index (χ4v) is 4.26. The van der Waals surface area contributed by atoms with Gasteiger partial charge < -0.3 is 15.5 Å². The van der Waals surface area contributed by atoms with Gasteiger partial charge in [-0.2, -0.15) is 13.2 Å². The van der Waals surface area contributed by atoms with Gasteiger partial charge in [0.1, 0.15) is 0 Å². The maximum atomic E-state index is 12.7. The molecule has 7 heteroatoms. The third kappa shape index (κ3) is 6.40. The minimum absolute atomic E-state index is 0.0242. The largest absolute Gasteiger partial charge is 0.416 e. The van der Waals surface area contributed by atoms with Crippen molar-refractivity contribution in [2.24, 2.45) is 5.92 Å². The van der Waals surface area contributed by atoms with Crippen molar-refractivity contribution >= 4 is 11.6 Å². The summed E-state index contributed by atoms with van der Waals surface area (Å²) in [5, 5.41) is 5.79. The first kappa shape index (κ1) is 21.0. The normalized spacial score (nSPS) is 20.1. The number of benzene rings is 1. The lowest BCUT2D eigenvalue weighted by Gasteiger charge is -2.35. The van der Waals surface area contributed by atoms with E-state index in [-0.39, 0.29) is 18.5 Å². The van der Waals surface area contributed by atoms with Gasteiger partial charge in [-0.25, -0.2) is 0 Å². The molecular weight excluding hydrogens is 367 g/mol. The van der Waals surface area contributed by atoms with Gasteiger partial charge in [-0.05, 0) is 49.8 Å². The Labute approximate surface area is 164 Å². The van der Waals surface area contributed by atoms with Crippen LogP contribution in [0.5, 0.6) is 0 Å². The quantitative estimate of drug-likeness (QED) is 0.753. The molecule has 2 fully saturated rings. The number of hydrogen-bond donors (Lipinski definition) is 2. The second-order valence-corrected chi connectivity index (χ2v) is 8.08. The van der Waals surface area contributed by atoms with Gasteiger partial charge in [0.2, 0.25) is 5.91 Å². The predicted octanol–water partition coefficient (Wildman–Crippen LogP) is 4.28. The monoisotopic (exact) mass is 397 g/mol. The Kier molecular flexibility index (Phi) is 7.21. The summed E-state index contributed by atoms with van der Waals surface area (Å²) in [5.74, 6) is 0.652. The second kappa shape index (κ2) is 9.63. The zero-order valence-electron chi connectivity index (χ0n) is 16.2. The summed E-state index contributed by atoms with van der Waals surface area (Å²) < 4.78 is 38.2. The Morgan fingerprint density at radius 2 is 1.79 bits per heavy atom. The van der Waals surface area contributed by atoms with Crippen LogP contribution in [0.1, 0.15) is 50.5 Å². The maximum Gasteiger partial charge on any atom is 0.416 e.